The summed E-state index contributed by atoms with van der Waals surface area (Å²) in [5, 5.41) is 0. The number of esters is 1. The van der Waals surface area contributed by atoms with Gasteiger partial charge >= 0.3 is 5.97 Å². The maximum atomic E-state index is 12.7. The summed E-state index contributed by atoms with van der Waals surface area (Å²) >= 11 is 3.55. The third-order valence-electron chi connectivity index (χ3n) is 6.25. The van der Waals surface area contributed by atoms with Crippen molar-refractivity contribution in [2.45, 2.75) is 19.3 Å². The molecule has 0 spiro atoms. The monoisotopic (exact) mass is 491 g/mol. The molecule has 4 rings (SSSR count). The lowest BCUT2D eigenvalue weighted by Crippen LogP contribution is -2.39. The van der Waals surface area contributed by atoms with Crippen molar-refractivity contribution in [3.63, 3.8) is 0 Å². The molecule has 0 bridgehead atoms. The lowest BCUT2D eigenvalue weighted by Gasteiger charge is -2.39. The highest BCUT2D eigenvalue weighted by molar-refractivity contribution is 9.11. The smallest absolute Gasteiger partial charge is 0.338 e. The van der Waals surface area contributed by atoms with Crippen LogP contribution in [0.5, 0.6) is 0 Å². The van der Waals surface area contributed by atoms with E-state index in [1.165, 1.54) is 4.90 Å². The average molecular weight is 492 g/mol. The van der Waals surface area contributed by atoms with Crippen LogP contribution in [0, 0.1) is 23.7 Å². The Morgan fingerprint density at radius 2 is 1.72 bits per heavy atom. The van der Waals surface area contributed by atoms with Crippen LogP contribution in [-0.4, -0.2) is 35.8 Å². The van der Waals surface area contributed by atoms with Crippen LogP contribution in [-0.2, 0) is 4.74 Å². The summed E-state index contributed by atoms with van der Waals surface area (Å²) in [6.45, 7) is 0.334. The Morgan fingerprint density at radius 1 is 1.09 bits per heavy atom. The van der Waals surface area contributed by atoms with E-state index >= 15 is 0 Å². The van der Waals surface area contributed by atoms with Gasteiger partial charge in [-0.1, -0.05) is 58.3 Å². The predicted molar refractivity (Wildman–Crippen MR) is 124 cm³/mol. The number of allylic oxidation sites excluding steroid dienone is 1. The van der Waals surface area contributed by atoms with Crippen LogP contribution in [0.1, 0.15) is 50.3 Å². The van der Waals surface area contributed by atoms with Crippen LogP contribution in [0.2, 0.25) is 0 Å². The first-order chi connectivity index (χ1) is 15.4. The first-order valence-electron chi connectivity index (χ1n) is 10.5. The molecule has 0 saturated carbocycles. The minimum absolute atomic E-state index is 0.120. The number of benzene rings is 2. The topological polar surface area (TPSA) is 63.7 Å². The molecule has 32 heavy (non-hydrogen) atoms. The van der Waals surface area contributed by atoms with Gasteiger partial charge in [0.25, 0.3) is 11.8 Å². The SMILES string of the molecule is C#C[C@@]1(CCN2C(=O)c3ccccc3C2=O)CCC(Br)=C[C@H]1COC(=O)c1ccccc1. The molecule has 1 heterocycles. The van der Waals surface area contributed by atoms with Crippen molar-refractivity contribution in [2.75, 3.05) is 13.2 Å². The molecule has 162 valence electrons. The van der Waals surface area contributed by atoms with Crippen LogP contribution in [0.4, 0.5) is 0 Å². The number of terminal acetylenes is 1. The van der Waals surface area contributed by atoms with Gasteiger partial charge in [0, 0.05) is 17.9 Å². The standard InChI is InChI=1S/C26H22BrNO4/c1-2-26(14-15-28-23(29)21-10-6-7-11-22(21)24(28)30)13-12-20(27)16-19(26)17-32-25(31)18-8-4-3-5-9-18/h1,3-11,16,19H,12-15,17H2/t19-,26-/m0/s1. The maximum absolute atomic E-state index is 12.7. The molecule has 5 nitrogen and oxygen atoms in total. The highest BCUT2D eigenvalue weighted by atomic mass is 79.9. The Hall–Kier alpha value is -3.17. The van der Waals surface area contributed by atoms with Crippen molar-refractivity contribution < 1.29 is 19.1 Å². The number of imide groups is 1. The van der Waals surface area contributed by atoms with Gasteiger partial charge in [-0.3, -0.25) is 14.5 Å². The van der Waals surface area contributed by atoms with Crippen molar-refractivity contribution >= 4 is 33.7 Å². The summed E-state index contributed by atoms with van der Waals surface area (Å²) in [6.07, 6.45) is 9.84. The Bertz CT molecular complexity index is 1100. The molecule has 2 aliphatic rings. The summed E-state index contributed by atoms with van der Waals surface area (Å²) in [7, 11) is 0. The van der Waals surface area contributed by atoms with E-state index in [4.69, 9.17) is 11.2 Å². The lowest BCUT2D eigenvalue weighted by atomic mass is 9.68. The number of amides is 2. The molecule has 1 aliphatic heterocycles. The van der Waals surface area contributed by atoms with E-state index in [2.05, 4.69) is 21.9 Å². The lowest BCUT2D eigenvalue weighted by molar-refractivity contribution is 0.0360. The van der Waals surface area contributed by atoms with Crippen LogP contribution < -0.4 is 0 Å². The zero-order chi connectivity index (χ0) is 22.7. The normalized spacial score (nSPS) is 22.2. The third kappa shape index (κ3) is 4.13. The van der Waals surface area contributed by atoms with Crippen LogP contribution >= 0.6 is 15.9 Å². The number of fused-ring (bicyclic) bond motifs is 1. The summed E-state index contributed by atoms with van der Waals surface area (Å²) < 4.78 is 6.59. The molecular formula is C26H22BrNO4. The first kappa shape index (κ1) is 22.0. The molecule has 2 amide bonds. The molecule has 0 saturated heterocycles. The zero-order valence-electron chi connectivity index (χ0n) is 17.4. The average Bonchev–Trinajstić information content (AvgIpc) is 3.07. The summed E-state index contributed by atoms with van der Waals surface area (Å²) in [5.41, 5.74) is 0.686. The molecule has 0 fully saturated rings. The van der Waals surface area contributed by atoms with Gasteiger partial charge < -0.3 is 4.74 Å². The molecule has 2 aromatic carbocycles. The van der Waals surface area contributed by atoms with Gasteiger partial charge in [-0.05, 0) is 48.0 Å². The minimum atomic E-state index is -0.635. The number of rotatable bonds is 6. The number of halogens is 1. The van der Waals surface area contributed by atoms with Crippen molar-refractivity contribution in [1.29, 1.82) is 0 Å². The van der Waals surface area contributed by atoms with Crippen molar-refractivity contribution in [3.8, 4) is 12.3 Å². The Labute approximate surface area is 195 Å². The van der Waals surface area contributed by atoms with Gasteiger partial charge in [0.15, 0.2) is 0 Å². The van der Waals surface area contributed by atoms with E-state index in [1.807, 2.05) is 12.1 Å². The van der Waals surface area contributed by atoms with Gasteiger partial charge in [-0.25, -0.2) is 4.79 Å². The molecule has 1 aliphatic carbocycles. The molecule has 2 aromatic rings. The molecule has 6 heteroatoms. The fourth-order valence-corrected chi connectivity index (χ4v) is 4.85. The zero-order valence-corrected chi connectivity index (χ0v) is 19.0. The summed E-state index contributed by atoms with van der Waals surface area (Å²) in [6, 6.07) is 15.6. The van der Waals surface area contributed by atoms with E-state index in [0.717, 1.165) is 10.9 Å². The van der Waals surface area contributed by atoms with Crippen LogP contribution in [0.25, 0.3) is 0 Å². The van der Waals surface area contributed by atoms with E-state index in [-0.39, 0.29) is 30.9 Å². The Morgan fingerprint density at radius 3 is 2.34 bits per heavy atom. The predicted octanol–water partition coefficient (Wildman–Crippen LogP) is 4.84. The van der Waals surface area contributed by atoms with E-state index in [0.29, 0.717) is 29.5 Å². The molecule has 2 atom stereocenters. The largest absolute Gasteiger partial charge is 0.461 e. The minimum Gasteiger partial charge on any atom is -0.461 e. The molecule has 0 radical (unpaired) electrons. The second-order valence-corrected chi connectivity index (χ2v) is 9.06. The second-order valence-electron chi connectivity index (χ2n) is 8.04. The van der Waals surface area contributed by atoms with Gasteiger partial charge in [0.1, 0.15) is 0 Å². The molecule has 0 N–H and O–H groups in total. The number of nitrogens with zero attached hydrogens (tertiary/aromatic N) is 1. The van der Waals surface area contributed by atoms with Gasteiger partial charge in [-0.15, -0.1) is 6.42 Å². The van der Waals surface area contributed by atoms with Crippen molar-refractivity contribution in [2.24, 2.45) is 11.3 Å². The van der Waals surface area contributed by atoms with Crippen molar-refractivity contribution in [1.82, 2.24) is 4.90 Å². The number of carbonyl (C=O) groups excluding carboxylic acids is 3. The Balaban J connectivity index is 1.49. The van der Waals surface area contributed by atoms with E-state index in [1.54, 1.807) is 48.5 Å². The van der Waals surface area contributed by atoms with Crippen LogP contribution in [0.3, 0.4) is 0 Å². The van der Waals surface area contributed by atoms with Crippen molar-refractivity contribution in [3.05, 3.63) is 81.8 Å². The summed E-state index contributed by atoms with van der Waals surface area (Å²) in [5.74, 6) is 1.68. The molecule has 0 aromatic heterocycles. The fraction of sp³-hybridized carbons (Fsp3) is 0.269. The number of hydrogen-bond donors (Lipinski definition) is 0. The maximum Gasteiger partial charge on any atom is 0.338 e. The van der Waals surface area contributed by atoms with Gasteiger partial charge in [-0.2, -0.15) is 0 Å². The van der Waals surface area contributed by atoms with E-state index < -0.39 is 11.4 Å². The highest BCUT2D eigenvalue weighted by Gasteiger charge is 2.42. The Kier molecular flexibility index (Phi) is 6.29. The summed E-state index contributed by atoms with van der Waals surface area (Å²) in [4.78, 5) is 39.2. The highest BCUT2D eigenvalue weighted by Crippen LogP contribution is 2.44. The molecule has 0 unspecified atom stereocenters. The number of carbonyl (C=O) groups is 3. The first-order valence-corrected chi connectivity index (χ1v) is 11.3. The van der Waals surface area contributed by atoms with Gasteiger partial charge in [0.2, 0.25) is 0 Å². The second kappa shape index (κ2) is 9.13. The molecular weight excluding hydrogens is 470 g/mol. The number of hydrogen-bond acceptors (Lipinski definition) is 4. The van der Waals surface area contributed by atoms with E-state index in [9.17, 15) is 14.4 Å². The third-order valence-corrected chi connectivity index (χ3v) is 6.91. The van der Waals surface area contributed by atoms with Crippen LogP contribution in [0.15, 0.2) is 65.2 Å². The quantitative estimate of drug-likeness (QED) is 0.329. The fourth-order valence-electron chi connectivity index (χ4n) is 4.33. The number of ether oxygens (including phenoxy) is 1. The van der Waals surface area contributed by atoms with Gasteiger partial charge in [0.05, 0.1) is 23.3 Å².